The summed E-state index contributed by atoms with van der Waals surface area (Å²) < 4.78 is 25.1. The minimum Gasteiger partial charge on any atom is -0.513 e. The molecule has 0 bridgehead atoms. The largest absolute Gasteiger partial charge is 0.513 e. The third-order valence-electron chi connectivity index (χ3n) is 4.54. The molecule has 0 saturated carbocycles. The Kier molecular flexibility index (Phi) is 8.71. The third-order valence-corrected chi connectivity index (χ3v) is 7.08. The van der Waals surface area contributed by atoms with Gasteiger partial charge in [0.05, 0.1) is 28.7 Å². The topological polar surface area (TPSA) is 93.1 Å². The normalized spacial score (nSPS) is 17.5. The van der Waals surface area contributed by atoms with Crippen LogP contribution in [0.5, 0.6) is 5.75 Å². The number of esters is 1. The second-order valence-electron chi connectivity index (χ2n) is 8.56. The molecule has 0 radical (unpaired) electrons. The minimum atomic E-state index is -3.48. The van der Waals surface area contributed by atoms with Crippen LogP contribution in [-0.4, -0.2) is 34.6 Å². The van der Waals surface area contributed by atoms with Crippen LogP contribution in [0, 0.1) is 5.92 Å². The molecular formula is C25H33O6P. The smallest absolute Gasteiger partial charge is 0.310 e. The molecule has 2 atom stereocenters. The molecule has 0 spiro atoms. The predicted molar refractivity (Wildman–Crippen MR) is 128 cm³/mol. The van der Waals surface area contributed by atoms with Crippen molar-refractivity contribution >= 4 is 18.6 Å². The van der Waals surface area contributed by atoms with Crippen molar-refractivity contribution in [2.24, 2.45) is 5.92 Å². The highest BCUT2D eigenvalue weighted by atomic mass is 31.2. The van der Waals surface area contributed by atoms with Crippen molar-refractivity contribution in [3.63, 3.8) is 0 Å². The predicted octanol–water partition coefficient (Wildman–Crippen LogP) is 5.46. The number of rotatable bonds is 7. The summed E-state index contributed by atoms with van der Waals surface area (Å²) in [6.07, 6.45) is 0.991. The van der Waals surface area contributed by atoms with E-state index in [0.29, 0.717) is 11.1 Å². The van der Waals surface area contributed by atoms with Crippen LogP contribution in [0.4, 0.5) is 0 Å². The first kappa shape index (κ1) is 25.7. The van der Waals surface area contributed by atoms with Crippen LogP contribution in [0.2, 0.25) is 0 Å². The summed E-state index contributed by atoms with van der Waals surface area (Å²) in [5.41, 5.74) is 0.430. The van der Waals surface area contributed by atoms with Crippen LogP contribution in [-0.2, 0) is 14.1 Å². The first-order chi connectivity index (χ1) is 15.0. The van der Waals surface area contributed by atoms with Crippen LogP contribution in [0.25, 0.3) is 11.1 Å². The van der Waals surface area contributed by atoms with E-state index in [9.17, 15) is 19.6 Å². The molecule has 0 fully saturated rings. The van der Waals surface area contributed by atoms with Crippen LogP contribution >= 0.6 is 7.37 Å². The molecular weight excluding hydrogens is 427 g/mol. The van der Waals surface area contributed by atoms with Gasteiger partial charge in [0.25, 0.3) is 7.37 Å². The Morgan fingerprint density at radius 2 is 1.69 bits per heavy atom. The molecule has 174 valence electrons. The van der Waals surface area contributed by atoms with E-state index in [-0.39, 0.29) is 24.9 Å². The number of aliphatic hydroxyl groups is 2. The van der Waals surface area contributed by atoms with Crippen molar-refractivity contribution in [2.45, 2.75) is 46.1 Å². The first-order valence-electron chi connectivity index (χ1n) is 10.7. The van der Waals surface area contributed by atoms with E-state index >= 15 is 0 Å². The van der Waals surface area contributed by atoms with Gasteiger partial charge in [0.1, 0.15) is 12.4 Å². The Morgan fingerprint density at radius 3 is 2.28 bits per heavy atom. The molecule has 32 heavy (non-hydrogen) atoms. The zero-order valence-corrected chi connectivity index (χ0v) is 20.1. The molecule has 0 aliphatic carbocycles. The molecule has 6 nitrogen and oxygen atoms in total. The van der Waals surface area contributed by atoms with Gasteiger partial charge in [-0.25, -0.2) is 0 Å². The number of carbonyl (C=O) groups is 1. The zero-order valence-electron chi connectivity index (χ0n) is 19.2. The van der Waals surface area contributed by atoms with Gasteiger partial charge in [0, 0.05) is 12.0 Å². The Balaban J connectivity index is 0.00000114. The fourth-order valence-corrected chi connectivity index (χ4v) is 5.85. The molecule has 2 aromatic rings. The number of aliphatic hydroxyl groups excluding tert-OH is 1. The maximum absolute atomic E-state index is 13.9. The molecule has 2 unspecified atom stereocenters. The lowest BCUT2D eigenvalue weighted by Crippen LogP contribution is -2.33. The lowest BCUT2D eigenvalue weighted by Gasteiger charge is -2.30. The third kappa shape index (κ3) is 6.72. The molecule has 1 aliphatic heterocycles. The van der Waals surface area contributed by atoms with Gasteiger partial charge in [-0.2, -0.15) is 0 Å². The number of para-hydroxylation sites is 1. The van der Waals surface area contributed by atoms with Crippen LogP contribution in [0.1, 0.15) is 40.5 Å². The Hall–Kier alpha value is -2.56. The lowest BCUT2D eigenvalue weighted by atomic mass is 10.0. The summed E-state index contributed by atoms with van der Waals surface area (Å²) in [5.74, 6) is -1.33. The number of carbonyl (C=O) groups excluding carboxylic acids is 1. The van der Waals surface area contributed by atoms with Crippen molar-refractivity contribution in [3.8, 4) is 16.9 Å². The summed E-state index contributed by atoms with van der Waals surface area (Å²) in [7, 11) is -3.48. The average molecular weight is 461 g/mol. The number of fused-ring (bicyclic) bond motifs is 3. The maximum atomic E-state index is 13.9. The quantitative estimate of drug-likeness (QED) is 0.324. The maximum Gasteiger partial charge on any atom is 0.310 e. The second-order valence-corrected chi connectivity index (χ2v) is 10.9. The molecule has 7 heteroatoms. The summed E-state index contributed by atoms with van der Waals surface area (Å²) >= 11 is 0. The van der Waals surface area contributed by atoms with Gasteiger partial charge in [-0.15, -0.1) is 0 Å². The van der Waals surface area contributed by atoms with Gasteiger partial charge in [-0.3, -0.25) is 9.36 Å². The standard InChI is InChI=1S/C22H25O6P.C3H8/c1-15(23)12-16(21(24)27-14-22(2,3)25)13-29(26)20-11-7-5-9-18(20)17-8-4-6-10-19(17)28-29;1-3-2/h4-11,16,23,25H,1,12-14H2,2-3H3;3H2,1-2H3. The van der Waals surface area contributed by atoms with Crippen LogP contribution < -0.4 is 9.83 Å². The van der Waals surface area contributed by atoms with Crippen molar-refractivity contribution in [1.82, 2.24) is 0 Å². The van der Waals surface area contributed by atoms with E-state index in [1.807, 2.05) is 24.3 Å². The minimum absolute atomic E-state index is 0.109. The molecule has 1 aliphatic rings. The molecule has 1 heterocycles. The summed E-state index contributed by atoms with van der Waals surface area (Å²) in [4.78, 5) is 12.6. The van der Waals surface area contributed by atoms with Gasteiger partial charge in [0.2, 0.25) is 0 Å². The Bertz CT molecular complexity index is 992. The van der Waals surface area contributed by atoms with Gasteiger partial charge >= 0.3 is 5.97 Å². The Labute approximate surface area is 190 Å². The molecule has 2 N–H and O–H groups in total. The van der Waals surface area contributed by atoms with Gasteiger partial charge in [-0.1, -0.05) is 63.2 Å². The van der Waals surface area contributed by atoms with E-state index in [1.165, 1.54) is 20.3 Å². The number of hydrogen-bond acceptors (Lipinski definition) is 6. The second kappa shape index (κ2) is 10.8. The number of allylic oxidation sites excluding steroid dienone is 1. The van der Waals surface area contributed by atoms with E-state index < -0.39 is 24.9 Å². The van der Waals surface area contributed by atoms with E-state index in [2.05, 4.69) is 20.4 Å². The highest BCUT2D eigenvalue weighted by Gasteiger charge is 2.40. The van der Waals surface area contributed by atoms with E-state index in [4.69, 9.17) is 9.26 Å². The first-order valence-corrected chi connectivity index (χ1v) is 12.5. The van der Waals surface area contributed by atoms with Crippen LogP contribution in [0.15, 0.2) is 60.9 Å². The number of benzene rings is 2. The monoisotopic (exact) mass is 460 g/mol. The summed E-state index contributed by atoms with van der Waals surface area (Å²) in [6.45, 7) is 10.5. The van der Waals surface area contributed by atoms with Gasteiger partial charge in [0.15, 0.2) is 0 Å². The van der Waals surface area contributed by atoms with E-state index in [0.717, 1.165) is 11.1 Å². The molecule has 0 aromatic heterocycles. The molecule has 2 aromatic carbocycles. The van der Waals surface area contributed by atoms with Crippen LogP contribution in [0.3, 0.4) is 0 Å². The van der Waals surface area contributed by atoms with Crippen molar-refractivity contribution in [2.75, 3.05) is 12.8 Å². The SMILES string of the molecule is C=C(O)CC(CP1(=O)Oc2ccccc2-c2ccccc21)C(=O)OCC(C)(C)O.CCC. The Morgan fingerprint density at radius 1 is 1.12 bits per heavy atom. The zero-order chi connectivity index (χ0) is 23.9. The van der Waals surface area contributed by atoms with Gasteiger partial charge < -0.3 is 19.5 Å². The van der Waals surface area contributed by atoms with Crippen molar-refractivity contribution in [1.29, 1.82) is 0 Å². The average Bonchev–Trinajstić information content (AvgIpc) is 2.71. The molecule has 0 saturated heterocycles. The fraction of sp³-hybridized carbons (Fsp3) is 0.400. The molecule has 0 amide bonds. The summed E-state index contributed by atoms with van der Waals surface area (Å²) in [6, 6.07) is 14.5. The van der Waals surface area contributed by atoms with Gasteiger partial charge in [-0.05, 0) is 31.5 Å². The summed E-state index contributed by atoms with van der Waals surface area (Å²) in [5, 5.41) is 20.0. The molecule has 3 rings (SSSR count). The lowest BCUT2D eigenvalue weighted by molar-refractivity contribution is -0.154. The fourth-order valence-electron chi connectivity index (χ4n) is 3.27. The van der Waals surface area contributed by atoms with Crippen molar-refractivity contribution in [3.05, 3.63) is 60.9 Å². The van der Waals surface area contributed by atoms with E-state index in [1.54, 1.807) is 24.3 Å². The number of ether oxygens (including phenoxy) is 1. The number of hydrogen-bond donors (Lipinski definition) is 2. The highest BCUT2D eigenvalue weighted by molar-refractivity contribution is 7.67. The van der Waals surface area contributed by atoms with Crippen molar-refractivity contribution < 1.29 is 28.8 Å². The highest BCUT2D eigenvalue weighted by Crippen LogP contribution is 2.55.